The van der Waals surface area contributed by atoms with Crippen molar-refractivity contribution in [1.82, 2.24) is 0 Å². The van der Waals surface area contributed by atoms with Crippen LogP contribution in [0.5, 0.6) is 0 Å². The van der Waals surface area contributed by atoms with E-state index >= 15 is 0 Å². The van der Waals surface area contributed by atoms with Gasteiger partial charge in [0.05, 0.1) is 5.76 Å². The fourth-order valence-electron chi connectivity index (χ4n) is 0.662. The highest BCUT2D eigenvalue weighted by molar-refractivity contribution is 5.19. The first kappa shape index (κ1) is 5.20. The summed E-state index contributed by atoms with van der Waals surface area (Å²) in [4.78, 5) is 0. The van der Waals surface area contributed by atoms with Crippen LogP contribution < -0.4 is 0 Å². The SMILES string of the molecule is CC1=C=CC=C(O)C1. The van der Waals surface area contributed by atoms with E-state index in [4.69, 9.17) is 5.11 Å². The van der Waals surface area contributed by atoms with Gasteiger partial charge >= 0.3 is 0 Å². The van der Waals surface area contributed by atoms with Gasteiger partial charge in [0.2, 0.25) is 0 Å². The maximum Gasteiger partial charge on any atom is 0.0975 e. The molecular weight excluding hydrogens is 100 g/mol. The van der Waals surface area contributed by atoms with E-state index in [1.807, 2.05) is 6.92 Å². The third-order valence-electron chi connectivity index (χ3n) is 1.05. The predicted octanol–water partition coefficient (Wildman–Crippen LogP) is 1.93. The van der Waals surface area contributed by atoms with Gasteiger partial charge in [0.15, 0.2) is 0 Å². The van der Waals surface area contributed by atoms with Crippen molar-refractivity contribution in [1.29, 1.82) is 0 Å². The second-order valence-corrected chi connectivity index (χ2v) is 1.93. The van der Waals surface area contributed by atoms with E-state index in [0.29, 0.717) is 12.2 Å². The van der Waals surface area contributed by atoms with Crippen molar-refractivity contribution in [2.45, 2.75) is 13.3 Å². The van der Waals surface area contributed by atoms with Crippen LogP contribution in [0.4, 0.5) is 0 Å². The van der Waals surface area contributed by atoms with Crippen molar-refractivity contribution >= 4 is 0 Å². The van der Waals surface area contributed by atoms with Crippen LogP contribution in [-0.4, -0.2) is 5.11 Å². The minimum absolute atomic E-state index is 0.432. The largest absolute Gasteiger partial charge is 0.512 e. The Bertz CT molecular complexity index is 181. The molecule has 0 aliphatic heterocycles. The van der Waals surface area contributed by atoms with E-state index in [0.717, 1.165) is 5.57 Å². The van der Waals surface area contributed by atoms with Crippen molar-refractivity contribution in [2.75, 3.05) is 0 Å². The summed E-state index contributed by atoms with van der Waals surface area (Å²) < 4.78 is 0. The number of aliphatic hydroxyl groups is 1. The van der Waals surface area contributed by atoms with Crippen molar-refractivity contribution in [3.05, 3.63) is 29.2 Å². The second kappa shape index (κ2) is 1.89. The summed E-state index contributed by atoms with van der Waals surface area (Å²) in [6.45, 7) is 1.94. The summed E-state index contributed by atoms with van der Waals surface area (Å²) in [5.41, 5.74) is 4.06. The summed E-state index contributed by atoms with van der Waals surface area (Å²) >= 11 is 0. The van der Waals surface area contributed by atoms with Gasteiger partial charge in [-0.2, -0.15) is 0 Å². The molecule has 0 atom stereocenters. The van der Waals surface area contributed by atoms with E-state index in [1.165, 1.54) is 0 Å². The molecule has 1 aliphatic rings. The van der Waals surface area contributed by atoms with Gasteiger partial charge in [-0.1, -0.05) is 0 Å². The van der Waals surface area contributed by atoms with Gasteiger partial charge in [-0.15, -0.1) is 5.73 Å². The molecule has 1 N–H and O–H groups in total. The summed E-state index contributed by atoms with van der Waals surface area (Å²) in [5, 5.41) is 8.85. The molecule has 0 aromatic rings. The molecule has 0 saturated heterocycles. The number of hydrogen-bond acceptors (Lipinski definition) is 1. The standard InChI is InChI=1S/C7H8O/c1-6-3-2-4-7(8)5-6/h2,4,8H,5H2,1H3. The average Bonchev–Trinajstić information content (AvgIpc) is 1.64. The van der Waals surface area contributed by atoms with Crippen LogP contribution in [0.25, 0.3) is 0 Å². The van der Waals surface area contributed by atoms with Crippen LogP contribution in [0.15, 0.2) is 29.2 Å². The third kappa shape index (κ3) is 1.02. The zero-order valence-corrected chi connectivity index (χ0v) is 4.81. The smallest absolute Gasteiger partial charge is 0.0975 e. The minimum Gasteiger partial charge on any atom is -0.512 e. The van der Waals surface area contributed by atoms with Gasteiger partial charge in [-0.05, 0) is 24.6 Å². The molecule has 0 spiro atoms. The fourth-order valence-corrected chi connectivity index (χ4v) is 0.662. The average molecular weight is 108 g/mol. The lowest BCUT2D eigenvalue weighted by atomic mass is 10.1. The first-order valence-corrected chi connectivity index (χ1v) is 2.59. The Morgan fingerprint density at radius 1 is 1.75 bits per heavy atom. The van der Waals surface area contributed by atoms with Crippen molar-refractivity contribution in [3.63, 3.8) is 0 Å². The van der Waals surface area contributed by atoms with Gasteiger partial charge in [0, 0.05) is 6.42 Å². The van der Waals surface area contributed by atoms with E-state index in [2.05, 4.69) is 5.73 Å². The Kier molecular flexibility index (Phi) is 1.23. The Balaban J connectivity index is 2.83. The van der Waals surface area contributed by atoms with Gasteiger partial charge < -0.3 is 5.11 Å². The highest BCUT2D eigenvalue weighted by Crippen LogP contribution is 2.09. The molecular formula is C7H8O. The quantitative estimate of drug-likeness (QED) is 0.470. The van der Waals surface area contributed by atoms with Crippen molar-refractivity contribution in [3.8, 4) is 0 Å². The Labute approximate surface area is 48.6 Å². The number of hydrogen-bond donors (Lipinski definition) is 1. The molecule has 0 radical (unpaired) electrons. The van der Waals surface area contributed by atoms with Gasteiger partial charge in [0.25, 0.3) is 0 Å². The van der Waals surface area contributed by atoms with Crippen molar-refractivity contribution in [2.24, 2.45) is 0 Å². The summed E-state index contributed by atoms with van der Waals surface area (Å²) in [6, 6.07) is 0. The molecule has 0 aromatic heterocycles. The molecule has 0 amide bonds. The number of aliphatic hydroxyl groups excluding tert-OH is 1. The second-order valence-electron chi connectivity index (χ2n) is 1.93. The van der Waals surface area contributed by atoms with Crippen LogP contribution in [0.1, 0.15) is 13.3 Å². The van der Waals surface area contributed by atoms with Crippen LogP contribution in [0, 0.1) is 0 Å². The topological polar surface area (TPSA) is 20.2 Å². The lowest BCUT2D eigenvalue weighted by Gasteiger charge is -1.98. The molecule has 0 bridgehead atoms. The van der Waals surface area contributed by atoms with Crippen LogP contribution in [0.2, 0.25) is 0 Å². The van der Waals surface area contributed by atoms with Gasteiger partial charge in [-0.25, -0.2) is 0 Å². The van der Waals surface area contributed by atoms with Crippen LogP contribution in [0.3, 0.4) is 0 Å². The Morgan fingerprint density at radius 2 is 2.50 bits per heavy atom. The van der Waals surface area contributed by atoms with Gasteiger partial charge in [0.1, 0.15) is 0 Å². The zero-order chi connectivity index (χ0) is 5.98. The molecule has 1 nitrogen and oxygen atoms in total. The molecule has 1 heteroatoms. The van der Waals surface area contributed by atoms with Crippen LogP contribution in [-0.2, 0) is 0 Å². The van der Waals surface area contributed by atoms with Crippen LogP contribution >= 0.6 is 0 Å². The maximum atomic E-state index is 8.85. The van der Waals surface area contributed by atoms with Gasteiger partial charge in [-0.3, -0.25) is 0 Å². The molecule has 42 valence electrons. The first-order chi connectivity index (χ1) is 3.79. The lowest BCUT2D eigenvalue weighted by molar-refractivity contribution is 0.397. The monoisotopic (exact) mass is 108 g/mol. The number of rotatable bonds is 0. The van der Waals surface area contributed by atoms with E-state index < -0.39 is 0 Å². The molecule has 0 saturated carbocycles. The molecule has 1 aliphatic carbocycles. The van der Waals surface area contributed by atoms with Crippen molar-refractivity contribution < 1.29 is 5.11 Å². The highest BCUT2D eigenvalue weighted by Gasteiger charge is 1.95. The molecule has 0 unspecified atom stereocenters. The lowest BCUT2D eigenvalue weighted by Crippen LogP contribution is -1.84. The van der Waals surface area contributed by atoms with E-state index in [1.54, 1.807) is 12.2 Å². The fraction of sp³-hybridized carbons (Fsp3) is 0.286. The zero-order valence-electron chi connectivity index (χ0n) is 4.81. The normalized spacial score (nSPS) is 17.6. The molecule has 0 fully saturated rings. The summed E-state index contributed by atoms with van der Waals surface area (Å²) in [7, 11) is 0. The molecule has 8 heavy (non-hydrogen) atoms. The maximum absolute atomic E-state index is 8.85. The Morgan fingerprint density at radius 3 is 2.88 bits per heavy atom. The highest BCUT2D eigenvalue weighted by atomic mass is 16.3. The van der Waals surface area contributed by atoms with E-state index in [-0.39, 0.29) is 0 Å². The first-order valence-electron chi connectivity index (χ1n) is 2.59. The Hall–Kier alpha value is -0.940. The van der Waals surface area contributed by atoms with E-state index in [9.17, 15) is 0 Å². The minimum atomic E-state index is 0.432. The molecule has 1 rings (SSSR count). The predicted molar refractivity (Wildman–Crippen MR) is 32.6 cm³/mol. The third-order valence-corrected chi connectivity index (χ3v) is 1.05. The number of allylic oxidation sites excluding steroid dienone is 2. The molecule has 0 aromatic carbocycles. The molecule has 0 heterocycles. The summed E-state index contributed by atoms with van der Waals surface area (Å²) in [6.07, 6.45) is 4.05. The summed E-state index contributed by atoms with van der Waals surface area (Å²) in [5.74, 6) is 0.432.